The van der Waals surface area contributed by atoms with Gasteiger partial charge in [-0.15, -0.1) is 6.58 Å². The summed E-state index contributed by atoms with van der Waals surface area (Å²) >= 11 is 2.02. The van der Waals surface area contributed by atoms with E-state index in [4.69, 9.17) is 14.2 Å². The molecule has 3 atom stereocenters. The van der Waals surface area contributed by atoms with Crippen LogP contribution in [-0.2, 0) is 16.0 Å². The van der Waals surface area contributed by atoms with E-state index in [2.05, 4.69) is 11.9 Å². The van der Waals surface area contributed by atoms with Crippen molar-refractivity contribution in [2.45, 2.75) is 56.8 Å². The first-order valence-electron chi connectivity index (χ1n) is 14.6. The van der Waals surface area contributed by atoms with Crippen LogP contribution in [0, 0.1) is 3.57 Å². The maximum Gasteiger partial charge on any atom is 0.247 e. The fourth-order valence-electron chi connectivity index (χ4n) is 5.17. The third-order valence-electron chi connectivity index (χ3n) is 7.44. The number of aliphatic hydroxyl groups excluding tert-OH is 2. The van der Waals surface area contributed by atoms with E-state index in [-0.39, 0.29) is 38.4 Å². The number of amides is 2. The van der Waals surface area contributed by atoms with E-state index in [9.17, 15) is 24.6 Å². The van der Waals surface area contributed by atoms with Crippen LogP contribution in [0.15, 0.2) is 60.7 Å². The van der Waals surface area contributed by atoms with Gasteiger partial charge in [0.1, 0.15) is 24.2 Å². The summed E-state index contributed by atoms with van der Waals surface area (Å²) < 4.78 is 17.9. The molecule has 0 saturated heterocycles. The number of carbonyl (C=O) groups is 3. The van der Waals surface area contributed by atoms with Crippen LogP contribution in [0.2, 0.25) is 0 Å². The Bertz CT molecular complexity index is 1330. The molecule has 0 bridgehead atoms. The van der Waals surface area contributed by atoms with E-state index >= 15 is 0 Å². The van der Waals surface area contributed by atoms with Gasteiger partial charge in [-0.1, -0.05) is 24.3 Å². The molecule has 44 heavy (non-hydrogen) atoms. The Hall–Kier alpha value is -3.42. The molecule has 3 rings (SSSR count). The Morgan fingerprint density at radius 2 is 1.91 bits per heavy atom. The third-order valence-corrected chi connectivity index (χ3v) is 8.24. The number of para-hydroxylation sites is 1. The zero-order valence-corrected chi connectivity index (χ0v) is 27.3. The number of halogens is 1. The highest BCUT2D eigenvalue weighted by atomic mass is 127. The lowest BCUT2D eigenvalue weighted by Crippen LogP contribution is -2.55. The van der Waals surface area contributed by atoms with E-state index in [1.807, 2.05) is 52.9 Å². The SMILES string of the molecule is C=CCCCCC(=O)N(CCc1ccccc1OC)C1CC(C(=O)NCCO)=CC(Oc2c(I)cc(C=O)cc2OC)C1O. The molecule has 0 radical (unpaired) electrons. The molecular formula is C33H41IN2O8. The summed E-state index contributed by atoms with van der Waals surface area (Å²) in [5.74, 6) is 0.711. The molecule has 1 aliphatic rings. The first kappa shape index (κ1) is 35.1. The summed E-state index contributed by atoms with van der Waals surface area (Å²) in [4.78, 5) is 40.0. The van der Waals surface area contributed by atoms with Crippen LogP contribution in [0.25, 0.3) is 0 Å². The zero-order chi connectivity index (χ0) is 32.1. The predicted octanol–water partition coefficient (Wildman–Crippen LogP) is 3.85. The largest absolute Gasteiger partial charge is 0.496 e. The summed E-state index contributed by atoms with van der Waals surface area (Å²) in [6, 6.07) is 9.92. The van der Waals surface area contributed by atoms with Crippen LogP contribution in [0.3, 0.4) is 0 Å². The summed E-state index contributed by atoms with van der Waals surface area (Å²) in [5.41, 5.74) is 1.62. The third kappa shape index (κ3) is 9.29. The molecule has 238 valence electrons. The first-order chi connectivity index (χ1) is 21.3. The van der Waals surface area contributed by atoms with E-state index in [1.54, 1.807) is 24.2 Å². The average molecular weight is 721 g/mol. The van der Waals surface area contributed by atoms with Crippen molar-refractivity contribution >= 4 is 40.7 Å². The van der Waals surface area contributed by atoms with Crippen LogP contribution in [-0.4, -0.2) is 85.4 Å². The first-order valence-corrected chi connectivity index (χ1v) is 15.6. The van der Waals surface area contributed by atoms with Crippen LogP contribution >= 0.6 is 22.6 Å². The average Bonchev–Trinajstić information content (AvgIpc) is 3.04. The molecule has 3 unspecified atom stereocenters. The van der Waals surface area contributed by atoms with Crippen LogP contribution in [0.5, 0.6) is 17.2 Å². The second-order valence-electron chi connectivity index (χ2n) is 10.4. The van der Waals surface area contributed by atoms with Crippen molar-refractivity contribution in [1.82, 2.24) is 10.2 Å². The van der Waals surface area contributed by atoms with Crippen molar-refractivity contribution in [3.8, 4) is 17.2 Å². The Morgan fingerprint density at radius 3 is 2.59 bits per heavy atom. The Kier molecular flexibility index (Phi) is 14.2. The molecule has 3 N–H and O–H groups in total. The highest BCUT2D eigenvalue weighted by Gasteiger charge is 2.40. The van der Waals surface area contributed by atoms with E-state index in [1.165, 1.54) is 13.2 Å². The molecule has 0 fully saturated rings. The van der Waals surface area contributed by atoms with Crippen molar-refractivity contribution in [3.63, 3.8) is 0 Å². The second kappa shape index (κ2) is 17.8. The number of hydrogen-bond donors (Lipinski definition) is 3. The number of benzene rings is 2. The standard InChI is InChI=1S/C33H41IN2O8/c1-4-5-6-7-12-30(39)36(15-13-23-10-8-9-11-27(23)42-2)26-19-24(33(41)35-14-16-37)20-28(31(26)40)44-32-25(34)17-22(21-38)18-29(32)43-3/h4,8-11,17-18,20-21,26,28,31,37,40H,1,5-7,12-16,19H2,2-3H3,(H,35,41). The summed E-state index contributed by atoms with van der Waals surface area (Å²) in [7, 11) is 3.04. The van der Waals surface area contributed by atoms with Gasteiger partial charge in [0.05, 0.1) is 30.4 Å². The number of methoxy groups -OCH3 is 2. The van der Waals surface area contributed by atoms with Crippen molar-refractivity contribution in [2.24, 2.45) is 0 Å². The smallest absolute Gasteiger partial charge is 0.247 e. The zero-order valence-electron chi connectivity index (χ0n) is 25.2. The fraction of sp³-hybridized carbons (Fsp3) is 0.424. The van der Waals surface area contributed by atoms with Crippen molar-refractivity contribution in [3.05, 3.63) is 75.4 Å². The number of hydrogen-bond acceptors (Lipinski definition) is 8. The quantitative estimate of drug-likeness (QED) is 0.0972. The van der Waals surface area contributed by atoms with Gasteiger partial charge in [-0.2, -0.15) is 0 Å². The lowest BCUT2D eigenvalue weighted by molar-refractivity contribution is -0.138. The number of carbonyl (C=O) groups excluding carboxylic acids is 3. The molecule has 1 aliphatic carbocycles. The highest BCUT2D eigenvalue weighted by molar-refractivity contribution is 14.1. The number of aldehydes is 1. The Labute approximate surface area is 272 Å². The van der Waals surface area contributed by atoms with E-state index in [0.29, 0.717) is 51.1 Å². The lowest BCUT2D eigenvalue weighted by atomic mass is 9.87. The topological polar surface area (TPSA) is 135 Å². The van der Waals surface area contributed by atoms with Gasteiger partial charge in [-0.3, -0.25) is 14.4 Å². The molecule has 10 nitrogen and oxygen atoms in total. The summed E-state index contributed by atoms with van der Waals surface area (Å²) in [5, 5.41) is 23.7. The number of nitrogens with one attached hydrogen (secondary N) is 1. The van der Waals surface area contributed by atoms with Gasteiger partial charge in [0, 0.05) is 37.1 Å². The number of rotatable bonds is 17. The van der Waals surface area contributed by atoms with E-state index in [0.717, 1.165) is 18.4 Å². The normalized spacial score (nSPS) is 17.7. The lowest BCUT2D eigenvalue weighted by Gasteiger charge is -2.41. The van der Waals surface area contributed by atoms with Gasteiger partial charge in [-0.05, 0) is 78.1 Å². The molecular weight excluding hydrogens is 679 g/mol. The minimum absolute atomic E-state index is 0.0492. The highest BCUT2D eigenvalue weighted by Crippen LogP contribution is 2.37. The van der Waals surface area contributed by atoms with Gasteiger partial charge in [-0.25, -0.2) is 0 Å². The number of nitrogens with zero attached hydrogens (tertiary/aromatic N) is 1. The fourth-order valence-corrected chi connectivity index (χ4v) is 5.92. The van der Waals surface area contributed by atoms with Gasteiger partial charge < -0.3 is 34.6 Å². The molecule has 0 aromatic heterocycles. The molecule has 2 amide bonds. The minimum Gasteiger partial charge on any atom is -0.496 e. The molecule has 2 aromatic rings. The Balaban J connectivity index is 2.00. The van der Waals surface area contributed by atoms with Gasteiger partial charge in [0.25, 0.3) is 0 Å². The van der Waals surface area contributed by atoms with Gasteiger partial charge in [0.2, 0.25) is 11.8 Å². The molecule has 0 heterocycles. The van der Waals surface area contributed by atoms with Crippen molar-refractivity contribution < 1.29 is 38.8 Å². The number of aliphatic hydroxyl groups is 2. The predicted molar refractivity (Wildman–Crippen MR) is 175 cm³/mol. The monoisotopic (exact) mass is 720 g/mol. The van der Waals surface area contributed by atoms with Crippen LogP contribution in [0.1, 0.15) is 48.0 Å². The van der Waals surface area contributed by atoms with Crippen molar-refractivity contribution in [1.29, 1.82) is 0 Å². The number of unbranched alkanes of at least 4 members (excludes halogenated alkanes) is 2. The molecule has 0 spiro atoms. The van der Waals surface area contributed by atoms with Crippen LogP contribution in [0.4, 0.5) is 0 Å². The summed E-state index contributed by atoms with van der Waals surface area (Å²) in [6.45, 7) is 3.84. The Morgan fingerprint density at radius 1 is 1.16 bits per heavy atom. The molecule has 2 aromatic carbocycles. The molecule has 0 saturated carbocycles. The van der Waals surface area contributed by atoms with Crippen LogP contribution < -0.4 is 19.5 Å². The van der Waals surface area contributed by atoms with E-state index < -0.39 is 24.2 Å². The summed E-state index contributed by atoms with van der Waals surface area (Å²) in [6.07, 6.45) is 4.88. The maximum atomic E-state index is 13.8. The second-order valence-corrected chi connectivity index (χ2v) is 11.5. The minimum atomic E-state index is -1.20. The molecule has 11 heteroatoms. The van der Waals surface area contributed by atoms with Crippen molar-refractivity contribution in [2.75, 3.05) is 33.9 Å². The van der Waals surface area contributed by atoms with Gasteiger partial charge in [0.15, 0.2) is 11.5 Å². The maximum absolute atomic E-state index is 13.8. The molecule has 0 aliphatic heterocycles. The number of allylic oxidation sites excluding steroid dienone is 1. The number of ether oxygens (including phenoxy) is 3. The van der Waals surface area contributed by atoms with Gasteiger partial charge >= 0.3 is 0 Å².